The fourth-order valence-corrected chi connectivity index (χ4v) is 2.10. The second-order valence-corrected chi connectivity index (χ2v) is 4.07. The molecule has 0 amide bonds. The minimum absolute atomic E-state index is 0.740. The molecule has 0 bridgehead atoms. The molecule has 0 aliphatic carbocycles. The maximum absolute atomic E-state index is 5.21. The Bertz CT molecular complexity index is 151. The molecule has 0 saturated carbocycles. The Kier molecular flexibility index (Phi) is 3.19. The van der Waals surface area contributed by atoms with E-state index in [9.17, 15) is 0 Å². The molecule has 0 N–H and O–H groups in total. The van der Waals surface area contributed by atoms with Crippen LogP contribution in [0.15, 0.2) is 0 Å². The van der Waals surface area contributed by atoms with E-state index in [1.54, 1.807) is 0 Å². The summed E-state index contributed by atoms with van der Waals surface area (Å²) < 4.78 is 5.21. The highest BCUT2D eigenvalue weighted by atomic mass is 16.5. The standard InChI is InChI=1S/C10H20N2O/c1-2-3-11-4-6-12(7-5-11)10-8-13-9-10/h10H,2-9H2,1H3. The lowest BCUT2D eigenvalue weighted by Gasteiger charge is -2.42. The highest BCUT2D eigenvalue weighted by Crippen LogP contribution is 2.13. The molecular formula is C10H20N2O. The number of hydrogen-bond donors (Lipinski definition) is 0. The lowest BCUT2D eigenvalue weighted by molar-refractivity contribution is -0.0767. The van der Waals surface area contributed by atoms with Gasteiger partial charge >= 0.3 is 0 Å². The smallest absolute Gasteiger partial charge is 0.0645 e. The topological polar surface area (TPSA) is 15.7 Å². The first-order valence-electron chi connectivity index (χ1n) is 5.44. The first-order valence-corrected chi connectivity index (χ1v) is 5.44. The Morgan fingerprint density at radius 3 is 2.31 bits per heavy atom. The van der Waals surface area contributed by atoms with Gasteiger partial charge in [-0.05, 0) is 13.0 Å². The van der Waals surface area contributed by atoms with Crippen molar-refractivity contribution in [3.8, 4) is 0 Å². The fourth-order valence-electron chi connectivity index (χ4n) is 2.10. The van der Waals surface area contributed by atoms with Gasteiger partial charge in [0, 0.05) is 26.2 Å². The third-order valence-corrected chi connectivity index (χ3v) is 3.08. The summed E-state index contributed by atoms with van der Waals surface area (Å²) >= 11 is 0. The van der Waals surface area contributed by atoms with E-state index in [1.807, 2.05) is 0 Å². The first kappa shape index (κ1) is 9.44. The van der Waals surface area contributed by atoms with Gasteiger partial charge < -0.3 is 9.64 Å². The molecule has 2 saturated heterocycles. The van der Waals surface area contributed by atoms with Crippen LogP contribution in [0.4, 0.5) is 0 Å². The molecule has 2 aliphatic rings. The Morgan fingerprint density at radius 1 is 1.15 bits per heavy atom. The summed E-state index contributed by atoms with van der Waals surface area (Å²) in [6, 6.07) is 0.740. The zero-order valence-corrected chi connectivity index (χ0v) is 8.54. The highest BCUT2D eigenvalue weighted by Gasteiger charge is 2.28. The van der Waals surface area contributed by atoms with Gasteiger partial charge in [-0.25, -0.2) is 0 Å². The molecule has 76 valence electrons. The Hall–Kier alpha value is -0.120. The molecule has 2 fully saturated rings. The normalized spacial score (nSPS) is 27.5. The largest absolute Gasteiger partial charge is 0.378 e. The van der Waals surface area contributed by atoms with Gasteiger partial charge in [0.15, 0.2) is 0 Å². The molecule has 2 rings (SSSR count). The summed E-state index contributed by atoms with van der Waals surface area (Å²) in [5.41, 5.74) is 0. The molecule has 0 aromatic rings. The van der Waals surface area contributed by atoms with Crippen LogP contribution >= 0.6 is 0 Å². The van der Waals surface area contributed by atoms with Crippen molar-refractivity contribution in [1.29, 1.82) is 0 Å². The SMILES string of the molecule is CCCN1CCN(C2COC2)CC1. The number of piperazine rings is 1. The van der Waals surface area contributed by atoms with E-state index in [1.165, 1.54) is 39.1 Å². The second-order valence-electron chi connectivity index (χ2n) is 4.07. The maximum atomic E-state index is 5.21. The van der Waals surface area contributed by atoms with Crippen LogP contribution in [-0.2, 0) is 4.74 Å². The summed E-state index contributed by atoms with van der Waals surface area (Å²) in [6.45, 7) is 10.5. The third-order valence-electron chi connectivity index (χ3n) is 3.08. The number of hydrogen-bond acceptors (Lipinski definition) is 3. The van der Waals surface area contributed by atoms with Crippen LogP contribution < -0.4 is 0 Å². The second kappa shape index (κ2) is 4.40. The molecule has 0 spiro atoms. The number of rotatable bonds is 3. The lowest BCUT2D eigenvalue weighted by atomic mass is 10.2. The van der Waals surface area contributed by atoms with E-state index in [-0.39, 0.29) is 0 Å². The minimum atomic E-state index is 0.740. The van der Waals surface area contributed by atoms with Gasteiger partial charge in [0.25, 0.3) is 0 Å². The van der Waals surface area contributed by atoms with Gasteiger partial charge in [-0.1, -0.05) is 6.92 Å². The molecule has 0 radical (unpaired) electrons. The van der Waals surface area contributed by atoms with Crippen molar-refractivity contribution in [1.82, 2.24) is 9.80 Å². The van der Waals surface area contributed by atoms with E-state index in [2.05, 4.69) is 16.7 Å². The van der Waals surface area contributed by atoms with E-state index in [0.717, 1.165) is 19.3 Å². The average molecular weight is 184 g/mol. The Balaban J connectivity index is 1.69. The fraction of sp³-hybridized carbons (Fsp3) is 1.00. The van der Waals surface area contributed by atoms with Crippen molar-refractivity contribution in [3.63, 3.8) is 0 Å². The van der Waals surface area contributed by atoms with E-state index >= 15 is 0 Å². The number of nitrogens with zero attached hydrogens (tertiary/aromatic N) is 2. The van der Waals surface area contributed by atoms with E-state index < -0.39 is 0 Å². The summed E-state index contributed by atoms with van der Waals surface area (Å²) in [6.07, 6.45) is 1.28. The molecule has 3 heteroatoms. The van der Waals surface area contributed by atoms with Gasteiger partial charge in [-0.15, -0.1) is 0 Å². The summed E-state index contributed by atoms with van der Waals surface area (Å²) in [5.74, 6) is 0. The third kappa shape index (κ3) is 2.22. The predicted molar refractivity (Wildman–Crippen MR) is 52.9 cm³/mol. The molecule has 2 aliphatic heterocycles. The van der Waals surface area contributed by atoms with Gasteiger partial charge in [0.05, 0.1) is 19.3 Å². The predicted octanol–water partition coefficient (Wildman–Crippen LogP) is 0.413. The van der Waals surface area contributed by atoms with Crippen LogP contribution in [0.25, 0.3) is 0 Å². The Labute approximate surface area is 80.6 Å². The molecule has 0 aromatic carbocycles. The monoisotopic (exact) mass is 184 g/mol. The lowest BCUT2D eigenvalue weighted by Crippen LogP contribution is -2.56. The summed E-state index contributed by atoms with van der Waals surface area (Å²) in [5, 5.41) is 0. The van der Waals surface area contributed by atoms with Gasteiger partial charge in [-0.3, -0.25) is 4.90 Å². The van der Waals surface area contributed by atoms with Crippen LogP contribution in [0.1, 0.15) is 13.3 Å². The van der Waals surface area contributed by atoms with E-state index in [4.69, 9.17) is 4.74 Å². The zero-order valence-electron chi connectivity index (χ0n) is 8.54. The molecule has 0 atom stereocenters. The van der Waals surface area contributed by atoms with Crippen LogP contribution in [0.3, 0.4) is 0 Å². The van der Waals surface area contributed by atoms with Crippen LogP contribution in [0.5, 0.6) is 0 Å². The molecule has 13 heavy (non-hydrogen) atoms. The van der Waals surface area contributed by atoms with Crippen molar-refractivity contribution < 1.29 is 4.74 Å². The van der Waals surface area contributed by atoms with Crippen molar-refractivity contribution in [2.24, 2.45) is 0 Å². The minimum Gasteiger partial charge on any atom is -0.378 e. The molecule has 3 nitrogen and oxygen atoms in total. The highest BCUT2D eigenvalue weighted by molar-refractivity contribution is 4.81. The van der Waals surface area contributed by atoms with Crippen LogP contribution in [0.2, 0.25) is 0 Å². The molecular weight excluding hydrogens is 164 g/mol. The quantitative estimate of drug-likeness (QED) is 0.632. The van der Waals surface area contributed by atoms with Crippen LogP contribution in [0, 0.1) is 0 Å². The maximum Gasteiger partial charge on any atom is 0.0645 e. The van der Waals surface area contributed by atoms with Crippen molar-refractivity contribution in [2.45, 2.75) is 19.4 Å². The van der Waals surface area contributed by atoms with Crippen molar-refractivity contribution >= 4 is 0 Å². The molecule has 2 heterocycles. The molecule has 0 unspecified atom stereocenters. The number of ether oxygens (including phenoxy) is 1. The Morgan fingerprint density at radius 2 is 1.85 bits per heavy atom. The van der Waals surface area contributed by atoms with Crippen molar-refractivity contribution in [3.05, 3.63) is 0 Å². The van der Waals surface area contributed by atoms with Gasteiger partial charge in [-0.2, -0.15) is 0 Å². The van der Waals surface area contributed by atoms with Crippen LogP contribution in [-0.4, -0.2) is 61.8 Å². The first-order chi connectivity index (χ1) is 6.40. The summed E-state index contributed by atoms with van der Waals surface area (Å²) in [7, 11) is 0. The molecule has 0 aromatic heterocycles. The van der Waals surface area contributed by atoms with Crippen molar-refractivity contribution in [2.75, 3.05) is 45.9 Å². The van der Waals surface area contributed by atoms with Gasteiger partial charge in [0.2, 0.25) is 0 Å². The summed E-state index contributed by atoms with van der Waals surface area (Å²) in [4.78, 5) is 5.14. The van der Waals surface area contributed by atoms with Gasteiger partial charge in [0.1, 0.15) is 0 Å². The zero-order chi connectivity index (χ0) is 9.10. The average Bonchev–Trinajstić information content (AvgIpc) is 2.06. The van der Waals surface area contributed by atoms with E-state index in [0.29, 0.717) is 0 Å².